The Hall–Kier alpha value is -2.09. The van der Waals surface area contributed by atoms with Crippen LogP contribution in [0, 0.1) is 0 Å². The molecule has 2 aromatic carbocycles. The zero-order valence-corrected chi connectivity index (χ0v) is 11.9. The first-order valence-corrected chi connectivity index (χ1v) is 7.21. The Morgan fingerprint density at radius 3 is 2.45 bits per heavy atom. The third-order valence-electron chi connectivity index (χ3n) is 3.31. The Kier molecular flexibility index (Phi) is 5.36. The normalized spacial score (nSPS) is 10.2. The molecule has 0 bridgehead atoms. The molecule has 0 unspecified atom stereocenters. The lowest BCUT2D eigenvalue weighted by Gasteiger charge is -2.10. The number of hydrogen-bond acceptors (Lipinski definition) is 1. The van der Waals surface area contributed by atoms with Crippen LogP contribution in [0.2, 0.25) is 0 Å². The molecule has 104 valence electrons. The van der Waals surface area contributed by atoms with Crippen molar-refractivity contribution in [3.8, 4) is 11.1 Å². The minimum absolute atomic E-state index is 0.0989. The van der Waals surface area contributed by atoms with E-state index >= 15 is 0 Å². The van der Waals surface area contributed by atoms with Gasteiger partial charge in [0.2, 0.25) is 5.91 Å². The molecule has 0 saturated heterocycles. The van der Waals surface area contributed by atoms with Gasteiger partial charge in [-0.1, -0.05) is 67.9 Å². The van der Waals surface area contributed by atoms with E-state index in [2.05, 4.69) is 30.4 Å². The van der Waals surface area contributed by atoms with E-state index in [1.165, 1.54) is 0 Å². The molecular weight excluding hydrogens is 246 g/mol. The smallest absolute Gasteiger partial charge is 0.224 e. The molecule has 0 heterocycles. The van der Waals surface area contributed by atoms with E-state index in [1.807, 2.05) is 36.4 Å². The first kappa shape index (κ1) is 14.3. The molecule has 0 aliphatic carbocycles. The van der Waals surface area contributed by atoms with Gasteiger partial charge in [0, 0.05) is 6.54 Å². The molecule has 2 heteroatoms. The molecule has 0 aliphatic rings. The lowest BCUT2D eigenvalue weighted by molar-refractivity contribution is -0.120. The van der Waals surface area contributed by atoms with Gasteiger partial charge in [0.1, 0.15) is 0 Å². The third kappa shape index (κ3) is 3.95. The number of amides is 1. The fourth-order valence-corrected chi connectivity index (χ4v) is 2.21. The summed E-state index contributed by atoms with van der Waals surface area (Å²) in [7, 11) is 0. The maximum atomic E-state index is 12.0. The predicted octanol–water partition coefficient (Wildman–Crippen LogP) is 3.81. The minimum atomic E-state index is 0.0989. The summed E-state index contributed by atoms with van der Waals surface area (Å²) >= 11 is 0. The Balaban J connectivity index is 2.11. The van der Waals surface area contributed by atoms with Gasteiger partial charge in [0.25, 0.3) is 0 Å². The molecule has 0 radical (unpaired) electrons. The van der Waals surface area contributed by atoms with E-state index in [1.54, 1.807) is 0 Å². The van der Waals surface area contributed by atoms with Crippen molar-refractivity contribution in [2.45, 2.75) is 26.2 Å². The van der Waals surface area contributed by atoms with E-state index in [9.17, 15) is 4.79 Å². The van der Waals surface area contributed by atoms with Crippen LogP contribution < -0.4 is 5.32 Å². The zero-order chi connectivity index (χ0) is 14.2. The highest BCUT2D eigenvalue weighted by atomic mass is 16.1. The van der Waals surface area contributed by atoms with Crippen molar-refractivity contribution in [3.63, 3.8) is 0 Å². The van der Waals surface area contributed by atoms with E-state index in [-0.39, 0.29) is 5.91 Å². The highest BCUT2D eigenvalue weighted by molar-refractivity contribution is 5.81. The highest BCUT2D eigenvalue weighted by Crippen LogP contribution is 2.23. The SMILES string of the molecule is CCCCNC(=O)Cc1ccccc1-c1ccccc1. The van der Waals surface area contributed by atoms with E-state index in [4.69, 9.17) is 0 Å². The quantitative estimate of drug-likeness (QED) is 0.792. The highest BCUT2D eigenvalue weighted by Gasteiger charge is 2.08. The van der Waals surface area contributed by atoms with E-state index in [0.29, 0.717) is 6.42 Å². The van der Waals surface area contributed by atoms with Gasteiger partial charge in [-0.3, -0.25) is 4.79 Å². The molecule has 1 N–H and O–H groups in total. The molecule has 0 fully saturated rings. The second-order valence-corrected chi connectivity index (χ2v) is 4.90. The maximum absolute atomic E-state index is 12.0. The number of nitrogens with one attached hydrogen (secondary N) is 1. The maximum Gasteiger partial charge on any atom is 0.224 e. The lowest BCUT2D eigenvalue weighted by Crippen LogP contribution is -2.26. The van der Waals surface area contributed by atoms with Gasteiger partial charge in [0.05, 0.1) is 6.42 Å². The molecule has 0 atom stereocenters. The van der Waals surface area contributed by atoms with Gasteiger partial charge in [-0.25, -0.2) is 0 Å². The summed E-state index contributed by atoms with van der Waals surface area (Å²) in [5.41, 5.74) is 3.37. The summed E-state index contributed by atoms with van der Waals surface area (Å²) in [6.07, 6.45) is 2.57. The second-order valence-electron chi connectivity index (χ2n) is 4.90. The van der Waals surface area contributed by atoms with Crippen LogP contribution in [0.25, 0.3) is 11.1 Å². The van der Waals surface area contributed by atoms with E-state index in [0.717, 1.165) is 36.1 Å². The van der Waals surface area contributed by atoms with Crippen LogP contribution in [0.3, 0.4) is 0 Å². The summed E-state index contributed by atoms with van der Waals surface area (Å²) in [5, 5.41) is 2.97. The van der Waals surface area contributed by atoms with Gasteiger partial charge in [0.15, 0.2) is 0 Å². The molecule has 0 spiro atoms. The fourth-order valence-electron chi connectivity index (χ4n) is 2.21. The van der Waals surface area contributed by atoms with Crippen molar-refractivity contribution in [2.75, 3.05) is 6.54 Å². The third-order valence-corrected chi connectivity index (χ3v) is 3.31. The lowest BCUT2D eigenvalue weighted by atomic mass is 9.97. The molecule has 20 heavy (non-hydrogen) atoms. The number of benzene rings is 2. The number of rotatable bonds is 6. The molecule has 0 aromatic heterocycles. The van der Waals surface area contributed by atoms with Crippen LogP contribution in [0.15, 0.2) is 54.6 Å². The van der Waals surface area contributed by atoms with Crippen molar-refractivity contribution in [2.24, 2.45) is 0 Å². The molecular formula is C18H21NO. The number of hydrogen-bond donors (Lipinski definition) is 1. The van der Waals surface area contributed by atoms with Gasteiger partial charge in [-0.05, 0) is 23.1 Å². The van der Waals surface area contributed by atoms with Crippen molar-refractivity contribution in [1.82, 2.24) is 5.32 Å². The number of carbonyl (C=O) groups is 1. The van der Waals surface area contributed by atoms with Gasteiger partial charge < -0.3 is 5.32 Å². The van der Waals surface area contributed by atoms with Crippen LogP contribution in [0.1, 0.15) is 25.3 Å². The van der Waals surface area contributed by atoms with Gasteiger partial charge >= 0.3 is 0 Å². The first-order chi connectivity index (χ1) is 9.81. The topological polar surface area (TPSA) is 29.1 Å². The van der Waals surface area contributed by atoms with Crippen LogP contribution in [0.5, 0.6) is 0 Å². The summed E-state index contributed by atoms with van der Waals surface area (Å²) in [5.74, 6) is 0.0989. The van der Waals surface area contributed by atoms with Crippen LogP contribution in [-0.4, -0.2) is 12.5 Å². The van der Waals surface area contributed by atoms with Crippen LogP contribution in [-0.2, 0) is 11.2 Å². The molecule has 0 aliphatic heterocycles. The monoisotopic (exact) mass is 267 g/mol. The van der Waals surface area contributed by atoms with Crippen LogP contribution >= 0.6 is 0 Å². The minimum Gasteiger partial charge on any atom is -0.356 e. The van der Waals surface area contributed by atoms with Crippen LogP contribution in [0.4, 0.5) is 0 Å². The summed E-state index contributed by atoms with van der Waals surface area (Å²) in [6, 6.07) is 18.3. The van der Waals surface area contributed by atoms with Crippen molar-refractivity contribution in [1.29, 1.82) is 0 Å². The average Bonchev–Trinajstić information content (AvgIpc) is 2.49. The Morgan fingerprint density at radius 2 is 1.70 bits per heavy atom. The largest absolute Gasteiger partial charge is 0.356 e. The average molecular weight is 267 g/mol. The fraction of sp³-hybridized carbons (Fsp3) is 0.278. The summed E-state index contributed by atoms with van der Waals surface area (Å²) in [4.78, 5) is 12.0. The van der Waals surface area contributed by atoms with Gasteiger partial charge in [-0.2, -0.15) is 0 Å². The molecule has 2 rings (SSSR count). The predicted molar refractivity (Wildman–Crippen MR) is 83.5 cm³/mol. The van der Waals surface area contributed by atoms with Crippen molar-refractivity contribution < 1.29 is 4.79 Å². The second kappa shape index (κ2) is 7.49. The van der Waals surface area contributed by atoms with Crippen molar-refractivity contribution >= 4 is 5.91 Å². The Morgan fingerprint density at radius 1 is 1.00 bits per heavy atom. The van der Waals surface area contributed by atoms with E-state index < -0.39 is 0 Å². The Labute approximate surface area is 120 Å². The first-order valence-electron chi connectivity index (χ1n) is 7.21. The van der Waals surface area contributed by atoms with Gasteiger partial charge in [-0.15, -0.1) is 0 Å². The molecule has 2 aromatic rings. The number of carbonyl (C=O) groups excluding carboxylic acids is 1. The Bertz CT molecular complexity index is 548. The molecule has 2 nitrogen and oxygen atoms in total. The van der Waals surface area contributed by atoms with Crippen molar-refractivity contribution in [3.05, 3.63) is 60.2 Å². The number of unbranched alkanes of at least 4 members (excludes halogenated alkanes) is 1. The standard InChI is InChI=1S/C18H21NO/c1-2-3-13-19-18(20)14-16-11-7-8-12-17(16)15-9-5-4-6-10-15/h4-12H,2-3,13-14H2,1H3,(H,19,20). The molecule has 1 amide bonds. The zero-order valence-electron chi connectivity index (χ0n) is 11.9. The summed E-state index contributed by atoms with van der Waals surface area (Å²) < 4.78 is 0. The molecule has 0 saturated carbocycles. The summed E-state index contributed by atoms with van der Waals surface area (Å²) in [6.45, 7) is 2.89.